The van der Waals surface area contributed by atoms with Crippen LogP contribution >= 0.6 is 11.3 Å². The van der Waals surface area contributed by atoms with E-state index in [1.165, 1.54) is 4.88 Å². The summed E-state index contributed by atoms with van der Waals surface area (Å²) in [5, 5.41) is 8.00. The number of anilines is 2. The summed E-state index contributed by atoms with van der Waals surface area (Å²) in [5.41, 5.74) is 0. The van der Waals surface area contributed by atoms with Crippen LogP contribution in [0.25, 0.3) is 0 Å². The normalized spacial score (nSPS) is 12.2. The summed E-state index contributed by atoms with van der Waals surface area (Å²) in [6.45, 7) is 7.85. The quantitative estimate of drug-likeness (QED) is 0.850. The zero-order valence-corrected chi connectivity index (χ0v) is 14.1. The Morgan fingerprint density at radius 2 is 1.95 bits per heavy atom. The number of carbonyl (C=O) groups excluding carboxylic acids is 1. The number of aromatic nitrogens is 3. The molecule has 0 spiro atoms. The number of rotatable bonds is 6. The molecule has 22 heavy (non-hydrogen) atoms. The Labute approximate surface area is 134 Å². The molecular weight excluding hydrogens is 298 g/mol. The number of nitrogens with zero attached hydrogens (tertiary/aromatic N) is 3. The van der Waals surface area contributed by atoms with Crippen LogP contribution in [0.4, 0.5) is 11.9 Å². The highest BCUT2D eigenvalue weighted by atomic mass is 32.1. The van der Waals surface area contributed by atoms with Gasteiger partial charge < -0.3 is 5.32 Å². The van der Waals surface area contributed by atoms with Gasteiger partial charge in [0, 0.05) is 17.2 Å². The second-order valence-electron chi connectivity index (χ2n) is 5.28. The molecule has 6 nitrogen and oxygen atoms in total. The SMILES string of the molecule is CCC(=O)Nc1nc(NC(C)c2cccs2)nc(C(C)C)n1. The molecule has 1 atom stereocenters. The number of carbonyl (C=O) groups is 1. The van der Waals surface area contributed by atoms with Crippen molar-refractivity contribution in [3.63, 3.8) is 0 Å². The van der Waals surface area contributed by atoms with E-state index in [1.54, 1.807) is 18.3 Å². The average Bonchev–Trinajstić information content (AvgIpc) is 3.01. The molecule has 0 aromatic carbocycles. The van der Waals surface area contributed by atoms with E-state index in [2.05, 4.69) is 38.6 Å². The summed E-state index contributed by atoms with van der Waals surface area (Å²) in [7, 11) is 0. The van der Waals surface area contributed by atoms with Crippen LogP contribution < -0.4 is 10.6 Å². The Hall–Kier alpha value is -2.02. The largest absolute Gasteiger partial charge is 0.347 e. The minimum atomic E-state index is -0.113. The van der Waals surface area contributed by atoms with E-state index < -0.39 is 0 Å². The molecule has 1 amide bonds. The van der Waals surface area contributed by atoms with E-state index in [-0.39, 0.29) is 17.9 Å². The lowest BCUT2D eigenvalue weighted by molar-refractivity contribution is -0.115. The van der Waals surface area contributed by atoms with Crippen molar-refractivity contribution in [2.24, 2.45) is 0 Å². The summed E-state index contributed by atoms with van der Waals surface area (Å²) >= 11 is 1.68. The molecule has 1 unspecified atom stereocenters. The van der Waals surface area contributed by atoms with Crippen LogP contribution in [0.2, 0.25) is 0 Å². The van der Waals surface area contributed by atoms with E-state index in [0.717, 1.165) is 0 Å². The number of amides is 1. The summed E-state index contributed by atoms with van der Waals surface area (Å²) in [4.78, 5) is 25.8. The zero-order chi connectivity index (χ0) is 16.1. The van der Waals surface area contributed by atoms with Gasteiger partial charge in [0.05, 0.1) is 6.04 Å². The molecule has 0 aliphatic heterocycles. The van der Waals surface area contributed by atoms with Gasteiger partial charge in [-0.2, -0.15) is 15.0 Å². The Balaban J connectivity index is 2.23. The maximum absolute atomic E-state index is 11.6. The van der Waals surface area contributed by atoms with Gasteiger partial charge in [-0.15, -0.1) is 11.3 Å². The molecule has 0 bridgehead atoms. The van der Waals surface area contributed by atoms with Crippen LogP contribution in [0, 0.1) is 0 Å². The summed E-state index contributed by atoms with van der Waals surface area (Å²) in [6, 6.07) is 4.17. The molecule has 2 rings (SSSR count). The number of thiophene rings is 1. The molecule has 0 saturated heterocycles. The van der Waals surface area contributed by atoms with E-state index >= 15 is 0 Å². The molecule has 2 N–H and O–H groups in total. The van der Waals surface area contributed by atoms with E-state index in [0.29, 0.717) is 24.1 Å². The van der Waals surface area contributed by atoms with Crippen LogP contribution in [-0.2, 0) is 4.79 Å². The lowest BCUT2D eigenvalue weighted by Crippen LogP contribution is -2.17. The number of hydrogen-bond donors (Lipinski definition) is 2. The lowest BCUT2D eigenvalue weighted by atomic mass is 10.2. The summed E-state index contributed by atoms with van der Waals surface area (Å²) in [5.74, 6) is 1.47. The van der Waals surface area contributed by atoms with Crippen molar-refractivity contribution in [2.45, 2.75) is 46.1 Å². The Kier molecular flexibility index (Phi) is 5.43. The Bertz CT molecular complexity index is 627. The monoisotopic (exact) mass is 319 g/mol. The Morgan fingerprint density at radius 1 is 1.23 bits per heavy atom. The Morgan fingerprint density at radius 3 is 2.55 bits per heavy atom. The van der Waals surface area contributed by atoms with Gasteiger partial charge in [0.2, 0.25) is 17.8 Å². The van der Waals surface area contributed by atoms with Crippen molar-refractivity contribution in [2.75, 3.05) is 10.6 Å². The van der Waals surface area contributed by atoms with Crippen molar-refractivity contribution in [1.82, 2.24) is 15.0 Å². The van der Waals surface area contributed by atoms with Gasteiger partial charge >= 0.3 is 0 Å². The maximum atomic E-state index is 11.6. The van der Waals surface area contributed by atoms with Crippen LogP contribution in [0.3, 0.4) is 0 Å². The standard InChI is InChI=1S/C15H21N5OS/c1-5-12(21)17-15-19-13(9(2)3)18-14(20-15)16-10(4)11-7-6-8-22-11/h6-10H,5H2,1-4H3,(H2,16,17,18,19,20,21). The fourth-order valence-corrected chi connectivity index (χ4v) is 2.52. The maximum Gasteiger partial charge on any atom is 0.234 e. The van der Waals surface area contributed by atoms with Crippen molar-refractivity contribution < 1.29 is 4.79 Å². The lowest BCUT2D eigenvalue weighted by Gasteiger charge is -2.14. The number of hydrogen-bond acceptors (Lipinski definition) is 6. The first-order valence-corrected chi connectivity index (χ1v) is 8.23. The van der Waals surface area contributed by atoms with Gasteiger partial charge in [-0.1, -0.05) is 26.8 Å². The van der Waals surface area contributed by atoms with Crippen molar-refractivity contribution in [3.05, 3.63) is 28.2 Å². The zero-order valence-electron chi connectivity index (χ0n) is 13.3. The molecule has 118 valence electrons. The molecule has 2 heterocycles. The fourth-order valence-electron chi connectivity index (χ4n) is 1.79. The highest BCUT2D eigenvalue weighted by molar-refractivity contribution is 7.10. The predicted octanol–water partition coefficient (Wildman–Crippen LogP) is 3.58. The highest BCUT2D eigenvalue weighted by Gasteiger charge is 2.14. The van der Waals surface area contributed by atoms with Gasteiger partial charge in [0.1, 0.15) is 5.82 Å². The molecule has 2 aromatic rings. The van der Waals surface area contributed by atoms with Gasteiger partial charge in [-0.05, 0) is 18.4 Å². The fraction of sp³-hybridized carbons (Fsp3) is 0.467. The predicted molar refractivity (Wildman–Crippen MR) is 89.2 cm³/mol. The molecule has 0 radical (unpaired) electrons. The number of nitrogens with one attached hydrogen (secondary N) is 2. The topological polar surface area (TPSA) is 79.8 Å². The first kappa shape index (κ1) is 16.4. The molecule has 0 fully saturated rings. The second-order valence-corrected chi connectivity index (χ2v) is 6.26. The summed E-state index contributed by atoms with van der Waals surface area (Å²) < 4.78 is 0. The van der Waals surface area contributed by atoms with Gasteiger partial charge in [0.25, 0.3) is 0 Å². The van der Waals surface area contributed by atoms with Gasteiger partial charge in [0.15, 0.2) is 0 Å². The van der Waals surface area contributed by atoms with Crippen LogP contribution in [-0.4, -0.2) is 20.9 Å². The molecule has 2 aromatic heterocycles. The molecule has 0 aliphatic carbocycles. The van der Waals surface area contributed by atoms with Gasteiger partial charge in [-0.3, -0.25) is 10.1 Å². The second kappa shape index (κ2) is 7.31. The van der Waals surface area contributed by atoms with Crippen molar-refractivity contribution >= 4 is 29.1 Å². The molecule has 7 heteroatoms. The van der Waals surface area contributed by atoms with E-state index in [1.807, 2.05) is 25.3 Å². The molecule has 0 saturated carbocycles. The van der Waals surface area contributed by atoms with Crippen LogP contribution in [0.15, 0.2) is 17.5 Å². The smallest absolute Gasteiger partial charge is 0.234 e. The van der Waals surface area contributed by atoms with Crippen molar-refractivity contribution in [1.29, 1.82) is 0 Å². The first-order valence-electron chi connectivity index (χ1n) is 7.35. The molecular formula is C15H21N5OS. The molecule has 0 aliphatic rings. The third-order valence-electron chi connectivity index (χ3n) is 3.06. The summed E-state index contributed by atoms with van der Waals surface area (Å²) in [6.07, 6.45) is 0.386. The highest BCUT2D eigenvalue weighted by Crippen LogP contribution is 2.22. The minimum absolute atomic E-state index is 0.0946. The minimum Gasteiger partial charge on any atom is -0.347 e. The van der Waals surface area contributed by atoms with Crippen molar-refractivity contribution in [3.8, 4) is 0 Å². The van der Waals surface area contributed by atoms with Crippen LogP contribution in [0.5, 0.6) is 0 Å². The third kappa shape index (κ3) is 4.24. The van der Waals surface area contributed by atoms with Gasteiger partial charge in [-0.25, -0.2) is 0 Å². The third-order valence-corrected chi connectivity index (χ3v) is 4.11. The van der Waals surface area contributed by atoms with E-state index in [9.17, 15) is 4.79 Å². The van der Waals surface area contributed by atoms with Crippen LogP contribution in [0.1, 0.15) is 56.8 Å². The first-order chi connectivity index (χ1) is 10.5. The average molecular weight is 319 g/mol. The van der Waals surface area contributed by atoms with E-state index in [4.69, 9.17) is 0 Å².